The standard InChI is InChI=1S/C9H13N3O2/c1-3-5-12-7(10)6(4-2)8(13)11-9(12)14/h3H,1,4-5,10H2,2H3,(H,11,13,14). The third-order valence-corrected chi connectivity index (χ3v) is 2.00. The number of H-pyrrole nitrogens is 1. The molecule has 5 nitrogen and oxygen atoms in total. The second-order valence-electron chi connectivity index (χ2n) is 2.88. The van der Waals surface area contributed by atoms with Crippen LogP contribution in [0.15, 0.2) is 22.2 Å². The minimum atomic E-state index is -0.496. The number of nitrogens with two attached hydrogens (primary N) is 1. The van der Waals surface area contributed by atoms with Crippen LogP contribution >= 0.6 is 0 Å². The molecule has 3 N–H and O–H groups in total. The van der Waals surface area contributed by atoms with Crippen LogP contribution in [0.25, 0.3) is 0 Å². The molecule has 0 aromatic carbocycles. The Hall–Kier alpha value is -1.78. The highest BCUT2D eigenvalue weighted by molar-refractivity contribution is 5.38. The maximum atomic E-state index is 11.3. The van der Waals surface area contributed by atoms with Gasteiger partial charge in [-0.25, -0.2) is 4.79 Å². The van der Waals surface area contributed by atoms with E-state index < -0.39 is 11.2 Å². The van der Waals surface area contributed by atoms with E-state index in [1.807, 2.05) is 6.92 Å². The van der Waals surface area contributed by atoms with E-state index in [0.29, 0.717) is 18.5 Å². The van der Waals surface area contributed by atoms with Gasteiger partial charge in [-0.2, -0.15) is 0 Å². The van der Waals surface area contributed by atoms with Gasteiger partial charge in [0.1, 0.15) is 5.82 Å². The van der Waals surface area contributed by atoms with Crippen molar-refractivity contribution in [2.45, 2.75) is 19.9 Å². The predicted octanol–water partition coefficient (Wildman–Crippen LogP) is -0.133. The molecule has 0 aliphatic heterocycles. The van der Waals surface area contributed by atoms with Crippen LogP contribution < -0.4 is 17.0 Å². The van der Waals surface area contributed by atoms with Gasteiger partial charge in [-0.3, -0.25) is 14.3 Å². The first-order chi connectivity index (χ1) is 6.61. The molecular weight excluding hydrogens is 182 g/mol. The third-order valence-electron chi connectivity index (χ3n) is 2.00. The molecule has 0 radical (unpaired) electrons. The highest BCUT2D eigenvalue weighted by atomic mass is 16.2. The number of hydrogen-bond donors (Lipinski definition) is 2. The molecule has 0 atom stereocenters. The summed E-state index contributed by atoms with van der Waals surface area (Å²) in [6, 6.07) is 0. The molecule has 0 aliphatic rings. The third kappa shape index (κ3) is 1.61. The first-order valence-corrected chi connectivity index (χ1v) is 4.34. The number of nitrogens with zero attached hydrogens (tertiary/aromatic N) is 1. The van der Waals surface area contributed by atoms with Crippen LogP contribution in [0.5, 0.6) is 0 Å². The van der Waals surface area contributed by atoms with E-state index in [2.05, 4.69) is 11.6 Å². The summed E-state index contributed by atoms with van der Waals surface area (Å²) in [5.74, 6) is 0.223. The molecule has 1 aromatic rings. The Kier molecular flexibility index (Phi) is 2.91. The molecule has 76 valence electrons. The largest absolute Gasteiger partial charge is 0.385 e. The Labute approximate surface area is 80.9 Å². The summed E-state index contributed by atoms with van der Waals surface area (Å²) in [5, 5.41) is 0. The maximum absolute atomic E-state index is 11.3. The SMILES string of the molecule is C=CCn1c(N)c(CC)c(=O)[nH]c1=O. The number of hydrogen-bond acceptors (Lipinski definition) is 3. The summed E-state index contributed by atoms with van der Waals surface area (Å²) < 4.78 is 1.28. The van der Waals surface area contributed by atoms with Gasteiger partial charge in [0.2, 0.25) is 0 Å². The van der Waals surface area contributed by atoms with Crippen LogP contribution in [-0.4, -0.2) is 9.55 Å². The molecule has 0 fully saturated rings. The molecular formula is C9H13N3O2. The molecule has 0 amide bonds. The second-order valence-corrected chi connectivity index (χ2v) is 2.88. The van der Waals surface area contributed by atoms with Gasteiger partial charge in [0, 0.05) is 6.54 Å². The summed E-state index contributed by atoms with van der Waals surface area (Å²) >= 11 is 0. The van der Waals surface area contributed by atoms with Crippen molar-refractivity contribution in [3.05, 3.63) is 39.1 Å². The van der Waals surface area contributed by atoms with Crippen molar-refractivity contribution in [3.8, 4) is 0 Å². The Morgan fingerprint density at radius 3 is 2.71 bits per heavy atom. The van der Waals surface area contributed by atoms with E-state index in [1.165, 1.54) is 4.57 Å². The average molecular weight is 195 g/mol. The minimum Gasteiger partial charge on any atom is -0.385 e. The molecule has 0 unspecified atom stereocenters. The zero-order valence-corrected chi connectivity index (χ0v) is 8.04. The summed E-state index contributed by atoms with van der Waals surface area (Å²) in [4.78, 5) is 24.8. The fraction of sp³-hybridized carbons (Fsp3) is 0.333. The highest BCUT2D eigenvalue weighted by Gasteiger charge is 2.08. The first-order valence-electron chi connectivity index (χ1n) is 4.34. The number of nitrogens with one attached hydrogen (secondary N) is 1. The van der Waals surface area contributed by atoms with E-state index in [1.54, 1.807) is 6.08 Å². The van der Waals surface area contributed by atoms with Gasteiger partial charge in [-0.15, -0.1) is 6.58 Å². The summed E-state index contributed by atoms with van der Waals surface area (Å²) in [5.41, 5.74) is 5.21. The van der Waals surface area contributed by atoms with Crippen molar-refractivity contribution >= 4 is 5.82 Å². The normalized spacial score (nSPS) is 10.1. The fourth-order valence-corrected chi connectivity index (χ4v) is 1.28. The summed E-state index contributed by atoms with van der Waals surface area (Å²) in [6.07, 6.45) is 2.05. The number of nitrogen functional groups attached to an aromatic ring is 1. The zero-order chi connectivity index (χ0) is 10.7. The van der Waals surface area contributed by atoms with Crippen molar-refractivity contribution in [2.24, 2.45) is 0 Å². The summed E-state index contributed by atoms with van der Waals surface area (Å²) in [6.45, 7) is 5.62. The Bertz CT molecular complexity index is 456. The lowest BCUT2D eigenvalue weighted by atomic mass is 10.2. The quantitative estimate of drug-likeness (QED) is 0.659. The Morgan fingerprint density at radius 2 is 2.21 bits per heavy atom. The maximum Gasteiger partial charge on any atom is 0.330 e. The van der Waals surface area contributed by atoms with Gasteiger partial charge in [0.05, 0.1) is 5.56 Å². The van der Waals surface area contributed by atoms with Gasteiger partial charge >= 0.3 is 5.69 Å². The Morgan fingerprint density at radius 1 is 1.57 bits per heavy atom. The molecule has 1 heterocycles. The molecule has 0 spiro atoms. The fourth-order valence-electron chi connectivity index (χ4n) is 1.28. The number of allylic oxidation sites excluding steroid dienone is 1. The molecule has 1 rings (SSSR count). The zero-order valence-electron chi connectivity index (χ0n) is 8.04. The van der Waals surface area contributed by atoms with Crippen molar-refractivity contribution in [1.82, 2.24) is 9.55 Å². The molecule has 0 saturated carbocycles. The average Bonchev–Trinajstić information content (AvgIpc) is 2.12. The van der Waals surface area contributed by atoms with Crippen molar-refractivity contribution < 1.29 is 0 Å². The van der Waals surface area contributed by atoms with Gasteiger partial charge in [0.15, 0.2) is 0 Å². The number of rotatable bonds is 3. The molecule has 14 heavy (non-hydrogen) atoms. The van der Waals surface area contributed by atoms with E-state index in [-0.39, 0.29) is 5.82 Å². The van der Waals surface area contributed by atoms with Crippen LogP contribution in [0.3, 0.4) is 0 Å². The second kappa shape index (κ2) is 3.95. The van der Waals surface area contributed by atoms with Gasteiger partial charge < -0.3 is 5.73 Å². The van der Waals surface area contributed by atoms with Crippen LogP contribution in [0.4, 0.5) is 5.82 Å². The van der Waals surface area contributed by atoms with Crippen LogP contribution in [0.2, 0.25) is 0 Å². The van der Waals surface area contributed by atoms with Crippen LogP contribution in [0.1, 0.15) is 12.5 Å². The minimum absolute atomic E-state index is 0.223. The van der Waals surface area contributed by atoms with Gasteiger partial charge in [0.25, 0.3) is 5.56 Å². The summed E-state index contributed by atoms with van der Waals surface area (Å²) in [7, 11) is 0. The topological polar surface area (TPSA) is 80.9 Å². The highest BCUT2D eigenvalue weighted by Crippen LogP contribution is 2.03. The van der Waals surface area contributed by atoms with Crippen molar-refractivity contribution in [1.29, 1.82) is 0 Å². The lowest BCUT2D eigenvalue weighted by molar-refractivity contribution is 0.736. The lowest BCUT2D eigenvalue weighted by Gasteiger charge is -2.08. The molecule has 0 saturated heterocycles. The van der Waals surface area contributed by atoms with Crippen molar-refractivity contribution in [3.63, 3.8) is 0 Å². The van der Waals surface area contributed by atoms with Crippen LogP contribution in [0, 0.1) is 0 Å². The smallest absolute Gasteiger partial charge is 0.330 e. The number of aromatic amines is 1. The monoisotopic (exact) mass is 195 g/mol. The number of aromatic nitrogens is 2. The van der Waals surface area contributed by atoms with E-state index >= 15 is 0 Å². The lowest BCUT2D eigenvalue weighted by Crippen LogP contribution is -2.34. The van der Waals surface area contributed by atoms with Crippen LogP contribution in [-0.2, 0) is 13.0 Å². The Balaban J connectivity index is 3.51. The molecule has 5 heteroatoms. The van der Waals surface area contributed by atoms with Gasteiger partial charge in [-0.1, -0.05) is 13.0 Å². The molecule has 0 aliphatic carbocycles. The van der Waals surface area contributed by atoms with Gasteiger partial charge in [-0.05, 0) is 6.42 Å². The van der Waals surface area contributed by atoms with Crippen molar-refractivity contribution in [2.75, 3.05) is 5.73 Å². The number of anilines is 1. The van der Waals surface area contributed by atoms with E-state index in [0.717, 1.165) is 0 Å². The van der Waals surface area contributed by atoms with E-state index in [4.69, 9.17) is 5.73 Å². The first kappa shape index (κ1) is 10.3. The van der Waals surface area contributed by atoms with E-state index in [9.17, 15) is 9.59 Å². The molecule has 0 bridgehead atoms. The predicted molar refractivity (Wildman–Crippen MR) is 55.3 cm³/mol. The molecule has 1 aromatic heterocycles.